The second-order valence-corrected chi connectivity index (χ2v) is 7.75. The SMILES string of the molecule is COc1ccc(OC)c(C(c2cccc3ccccc23)N2CCCC(C(=O)O)C2)c1. The zero-order valence-electron chi connectivity index (χ0n) is 17.4. The van der Waals surface area contributed by atoms with Crippen molar-refractivity contribution in [2.75, 3.05) is 27.3 Å². The number of carboxylic acids is 1. The first kappa shape index (κ1) is 20.2. The van der Waals surface area contributed by atoms with Crippen molar-refractivity contribution in [2.24, 2.45) is 5.92 Å². The summed E-state index contributed by atoms with van der Waals surface area (Å²) in [6.45, 7) is 1.33. The lowest BCUT2D eigenvalue weighted by Crippen LogP contribution is -2.41. The van der Waals surface area contributed by atoms with Crippen LogP contribution in [-0.2, 0) is 4.79 Å². The van der Waals surface area contributed by atoms with Crippen LogP contribution in [0.3, 0.4) is 0 Å². The fourth-order valence-corrected chi connectivity index (χ4v) is 4.55. The Balaban J connectivity index is 1.91. The van der Waals surface area contributed by atoms with Crippen LogP contribution in [0, 0.1) is 5.92 Å². The number of ether oxygens (including phenoxy) is 2. The number of rotatable bonds is 6. The minimum Gasteiger partial charge on any atom is -0.497 e. The molecule has 3 aromatic rings. The molecule has 2 atom stereocenters. The third-order valence-corrected chi connectivity index (χ3v) is 6.02. The first-order valence-corrected chi connectivity index (χ1v) is 10.3. The highest BCUT2D eigenvalue weighted by atomic mass is 16.5. The Bertz CT molecular complexity index is 1040. The molecule has 1 fully saturated rings. The zero-order valence-corrected chi connectivity index (χ0v) is 17.4. The molecule has 2 unspecified atom stereocenters. The number of nitrogens with zero attached hydrogens (tertiary/aromatic N) is 1. The van der Waals surface area contributed by atoms with Gasteiger partial charge in [-0.2, -0.15) is 0 Å². The zero-order chi connectivity index (χ0) is 21.1. The summed E-state index contributed by atoms with van der Waals surface area (Å²) >= 11 is 0. The third kappa shape index (κ3) is 3.85. The molecular weight excluding hydrogens is 378 g/mol. The average Bonchev–Trinajstić information content (AvgIpc) is 2.79. The predicted molar refractivity (Wildman–Crippen MR) is 117 cm³/mol. The van der Waals surface area contributed by atoms with Crippen molar-refractivity contribution < 1.29 is 19.4 Å². The monoisotopic (exact) mass is 405 g/mol. The lowest BCUT2D eigenvalue weighted by molar-refractivity contribution is -0.143. The van der Waals surface area contributed by atoms with Crippen molar-refractivity contribution in [2.45, 2.75) is 18.9 Å². The maximum Gasteiger partial charge on any atom is 0.307 e. The minimum atomic E-state index is -0.728. The van der Waals surface area contributed by atoms with Gasteiger partial charge in [-0.1, -0.05) is 42.5 Å². The van der Waals surface area contributed by atoms with E-state index in [9.17, 15) is 9.90 Å². The van der Waals surface area contributed by atoms with Gasteiger partial charge in [0.1, 0.15) is 11.5 Å². The van der Waals surface area contributed by atoms with Crippen LogP contribution in [0.25, 0.3) is 10.8 Å². The van der Waals surface area contributed by atoms with E-state index in [1.54, 1.807) is 14.2 Å². The van der Waals surface area contributed by atoms with E-state index in [0.29, 0.717) is 13.0 Å². The molecule has 0 radical (unpaired) electrons. The van der Waals surface area contributed by atoms with Crippen molar-refractivity contribution in [1.29, 1.82) is 0 Å². The molecule has 0 amide bonds. The maximum atomic E-state index is 11.8. The number of piperidine rings is 1. The molecule has 1 saturated heterocycles. The summed E-state index contributed by atoms with van der Waals surface area (Å²) in [5, 5.41) is 12.0. The first-order valence-electron chi connectivity index (χ1n) is 10.3. The van der Waals surface area contributed by atoms with Crippen LogP contribution in [-0.4, -0.2) is 43.3 Å². The van der Waals surface area contributed by atoms with Crippen molar-refractivity contribution in [3.8, 4) is 11.5 Å². The quantitative estimate of drug-likeness (QED) is 0.642. The van der Waals surface area contributed by atoms with Gasteiger partial charge in [-0.05, 0) is 53.9 Å². The molecular formula is C25H27NO4. The molecule has 1 aliphatic rings. The fourth-order valence-electron chi connectivity index (χ4n) is 4.55. The molecule has 30 heavy (non-hydrogen) atoms. The van der Waals surface area contributed by atoms with E-state index in [1.165, 1.54) is 0 Å². The van der Waals surface area contributed by atoms with E-state index in [2.05, 4.69) is 35.2 Å². The molecule has 0 bridgehead atoms. The van der Waals surface area contributed by atoms with Crippen LogP contribution < -0.4 is 9.47 Å². The summed E-state index contributed by atoms with van der Waals surface area (Å²) in [4.78, 5) is 14.0. The van der Waals surface area contributed by atoms with Gasteiger partial charge in [0.15, 0.2) is 0 Å². The molecule has 0 spiro atoms. The highest BCUT2D eigenvalue weighted by molar-refractivity contribution is 5.86. The molecule has 1 aliphatic heterocycles. The summed E-state index contributed by atoms with van der Waals surface area (Å²) < 4.78 is 11.2. The van der Waals surface area contributed by atoms with Crippen molar-refractivity contribution in [3.63, 3.8) is 0 Å². The largest absolute Gasteiger partial charge is 0.497 e. The number of methoxy groups -OCH3 is 2. The van der Waals surface area contributed by atoms with Crippen LogP contribution >= 0.6 is 0 Å². The van der Waals surface area contributed by atoms with Gasteiger partial charge in [0, 0.05) is 12.1 Å². The van der Waals surface area contributed by atoms with E-state index < -0.39 is 5.97 Å². The summed E-state index contributed by atoms with van der Waals surface area (Å²) in [6, 6.07) is 20.3. The van der Waals surface area contributed by atoms with Crippen molar-refractivity contribution >= 4 is 16.7 Å². The average molecular weight is 405 g/mol. The molecule has 5 heteroatoms. The topological polar surface area (TPSA) is 59.0 Å². The molecule has 3 aromatic carbocycles. The Morgan fingerprint density at radius 2 is 1.83 bits per heavy atom. The van der Waals surface area contributed by atoms with Gasteiger partial charge in [0.25, 0.3) is 0 Å². The number of aliphatic carboxylic acids is 1. The van der Waals surface area contributed by atoms with Gasteiger partial charge < -0.3 is 14.6 Å². The van der Waals surface area contributed by atoms with Crippen LogP contribution in [0.1, 0.15) is 30.0 Å². The first-order chi connectivity index (χ1) is 14.6. The fraction of sp³-hybridized carbons (Fsp3) is 0.320. The lowest BCUT2D eigenvalue weighted by atomic mass is 9.88. The number of fused-ring (bicyclic) bond motifs is 1. The standard InChI is InChI=1S/C25H27NO4/c1-29-19-12-13-23(30-2)22(15-19)24(26-14-6-9-18(16-26)25(27)28)21-11-5-8-17-7-3-4-10-20(17)21/h3-5,7-8,10-13,15,18,24H,6,9,14,16H2,1-2H3,(H,27,28). The molecule has 5 nitrogen and oxygen atoms in total. The molecule has 4 rings (SSSR count). The Labute approximate surface area is 176 Å². The van der Waals surface area contributed by atoms with Crippen molar-refractivity contribution in [3.05, 3.63) is 71.8 Å². The van der Waals surface area contributed by atoms with Crippen molar-refractivity contribution in [1.82, 2.24) is 4.90 Å². The molecule has 0 aromatic heterocycles. The predicted octanol–water partition coefficient (Wildman–Crippen LogP) is 4.74. The van der Waals surface area contributed by atoms with Gasteiger partial charge in [-0.25, -0.2) is 0 Å². The van der Waals surface area contributed by atoms with E-state index in [-0.39, 0.29) is 12.0 Å². The van der Waals surface area contributed by atoms with E-state index in [0.717, 1.165) is 46.4 Å². The number of carboxylic acid groups (broad SMARTS) is 1. The number of hydrogen-bond acceptors (Lipinski definition) is 4. The summed E-state index contributed by atoms with van der Waals surface area (Å²) in [5.41, 5.74) is 2.13. The van der Waals surface area contributed by atoms with Gasteiger partial charge >= 0.3 is 5.97 Å². The molecule has 1 N–H and O–H groups in total. The van der Waals surface area contributed by atoms with Crippen LogP contribution in [0.5, 0.6) is 11.5 Å². The van der Waals surface area contributed by atoms with E-state index in [1.807, 2.05) is 30.3 Å². The Morgan fingerprint density at radius 3 is 2.60 bits per heavy atom. The second kappa shape index (κ2) is 8.76. The van der Waals surface area contributed by atoms with Gasteiger partial charge in [-0.3, -0.25) is 9.69 Å². The Hall–Kier alpha value is -3.05. The summed E-state index contributed by atoms with van der Waals surface area (Å²) in [6.07, 6.45) is 1.56. The molecule has 156 valence electrons. The smallest absolute Gasteiger partial charge is 0.307 e. The second-order valence-electron chi connectivity index (χ2n) is 7.75. The van der Waals surface area contributed by atoms with E-state index >= 15 is 0 Å². The molecule has 0 saturated carbocycles. The number of likely N-dealkylation sites (tertiary alicyclic amines) is 1. The van der Waals surface area contributed by atoms with Gasteiger partial charge in [-0.15, -0.1) is 0 Å². The van der Waals surface area contributed by atoms with Gasteiger partial charge in [0.05, 0.1) is 26.2 Å². The highest BCUT2D eigenvalue weighted by Gasteiger charge is 2.33. The third-order valence-electron chi connectivity index (χ3n) is 6.02. The number of benzene rings is 3. The number of hydrogen-bond donors (Lipinski definition) is 1. The normalized spacial score (nSPS) is 18.1. The Kier molecular flexibility index (Phi) is 5.91. The highest BCUT2D eigenvalue weighted by Crippen LogP contribution is 2.41. The van der Waals surface area contributed by atoms with Crippen LogP contribution in [0.2, 0.25) is 0 Å². The van der Waals surface area contributed by atoms with Crippen LogP contribution in [0.4, 0.5) is 0 Å². The minimum absolute atomic E-state index is 0.136. The lowest BCUT2D eigenvalue weighted by Gasteiger charge is -2.38. The summed E-state index contributed by atoms with van der Waals surface area (Å²) in [5.74, 6) is 0.427. The Morgan fingerprint density at radius 1 is 1.03 bits per heavy atom. The van der Waals surface area contributed by atoms with E-state index in [4.69, 9.17) is 9.47 Å². The van der Waals surface area contributed by atoms with Gasteiger partial charge in [0.2, 0.25) is 0 Å². The van der Waals surface area contributed by atoms with Crippen LogP contribution in [0.15, 0.2) is 60.7 Å². The maximum absolute atomic E-state index is 11.8. The number of carbonyl (C=O) groups is 1. The summed E-state index contributed by atoms with van der Waals surface area (Å²) in [7, 11) is 3.32. The molecule has 1 heterocycles. The molecule has 0 aliphatic carbocycles.